The second-order valence-corrected chi connectivity index (χ2v) is 8.40. The molecule has 1 saturated heterocycles. The molecule has 3 heteroatoms. The minimum atomic E-state index is 0.224. The highest BCUT2D eigenvalue weighted by Crippen LogP contribution is 2.43. The van der Waals surface area contributed by atoms with Crippen LogP contribution in [-0.4, -0.2) is 30.1 Å². The normalized spacial score (nSPS) is 24.1. The van der Waals surface area contributed by atoms with Gasteiger partial charge in [0.15, 0.2) is 0 Å². The van der Waals surface area contributed by atoms with Crippen molar-refractivity contribution in [3.63, 3.8) is 0 Å². The zero-order valence-corrected chi connectivity index (χ0v) is 16.1. The first-order valence-corrected chi connectivity index (χ1v) is 10.7. The van der Waals surface area contributed by atoms with Gasteiger partial charge in [-0.15, -0.1) is 0 Å². The number of likely N-dealkylation sites (tertiary alicyclic amines) is 1. The fraction of sp³-hybridized carbons (Fsp3) is 0.500. The van der Waals surface area contributed by atoms with E-state index in [1.165, 1.54) is 69.2 Å². The molecule has 0 amide bonds. The van der Waals surface area contributed by atoms with Crippen molar-refractivity contribution in [2.75, 3.05) is 13.1 Å². The summed E-state index contributed by atoms with van der Waals surface area (Å²) in [6, 6.07) is 18.6. The van der Waals surface area contributed by atoms with Crippen molar-refractivity contribution in [2.24, 2.45) is 0 Å². The van der Waals surface area contributed by atoms with Crippen LogP contribution in [0.4, 0.5) is 0 Å². The minimum Gasteiger partial charge on any atom is -0.457 e. The third-order valence-corrected chi connectivity index (χ3v) is 6.63. The smallest absolute Gasteiger partial charge is 0.132 e. The number of rotatable bonds is 3. The summed E-state index contributed by atoms with van der Waals surface area (Å²) in [4.78, 5) is 2.78. The first kappa shape index (κ1) is 17.3. The summed E-state index contributed by atoms with van der Waals surface area (Å²) in [5, 5.41) is 4.02. The standard InChI is InChI=1S/C24H30N2O/c1-2-10-19(11-3-1)26-16-8-9-18(17-26)25-24-20-12-4-6-14-22(20)27-23-15-7-5-13-21(23)24/h4-7,12-15,18-19,24-25H,1-3,8-11,16-17H2. The molecule has 0 radical (unpaired) electrons. The average molecular weight is 363 g/mol. The molecule has 0 bridgehead atoms. The number of nitrogens with zero attached hydrogens (tertiary/aromatic N) is 1. The highest BCUT2D eigenvalue weighted by atomic mass is 16.5. The van der Waals surface area contributed by atoms with Crippen LogP contribution in [0.5, 0.6) is 11.5 Å². The number of hydrogen-bond acceptors (Lipinski definition) is 3. The fourth-order valence-corrected chi connectivity index (χ4v) is 5.25. The van der Waals surface area contributed by atoms with E-state index < -0.39 is 0 Å². The molecule has 3 aliphatic rings. The lowest BCUT2D eigenvalue weighted by Gasteiger charge is -2.42. The van der Waals surface area contributed by atoms with Gasteiger partial charge in [-0.05, 0) is 44.4 Å². The van der Waals surface area contributed by atoms with E-state index in [0.717, 1.165) is 17.5 Å². The van der Waals surface area contributed by atoms with Gasteiger partial charge in [0.25, 0.3) is 0 Å². The molecule has 1 saturated carbocycles. The summed E-state index contributed by atoms with van der Waals surface area (Å²) in [7, 11) is 0. The van der Waals surface area contributed by atoms with E-state index in [-0.39, 0.29) is 6.04 Å². The lowest BCUT2D eigenvalue weighted by atomic mass is 9.90. The van der Waals surface area contributed by atoms with Crippen molar-refractivity contribution in [2.45, 2.75) is 63.1 Å². The van der Waals surface area contributed by atoms with Crippen molar-refractivity contribution >= 4 is 0 Å². The van der Waals surface area contributed by atoms with Crippen LogP contribution >= 0.6 is 0 Å². The zero-order chi connectivity index (χ0) is 18.1. The summed E-state index contributed by atoms with van der Waals surface area (Å²) in [6.45, 7) is 2.47. The summed E-state index contributed by atoms with van der Waals surface area (Å²) in [6.07, 6.45) is 9.64. The predicted octanol–water partition coefficient (Wildman–Crippen LogP) is 5.27. The molecule has 0 spiro atoms. The molecular weight excluding hydrogens is 332 g/mol. The number of nitrogens with one attached hydrogen (secondary N) is 1. The topological polar surface area (TPSA) is 24.5 Å². The Hall–Kier alpha value is -1.84. The van der Waals surface area contributed by atoms with Crippen LogP contribution in [-0.2, 0) is 0 Å². The van der Waals surface area contributed by atoms with E-state index >= 15 is 0 Å². The van der Waals surface area contributed by atoms with Crippen molar-refractivity contribution in [1.82, 2.24) is 10.2 Å². The third-order valence-electron chi connectivity index (χ3n) is 6.63. The summed E-state index contributed by atoms with van der Waals surface area (Å²) in [5.74, 6) is 1.99. The quantitative estimate of drug-likeness (QED) is 0.805. The molecule has 5 rings (SSSR count). The number of hydrogen-bond donors (Lipinski definition) is 1. The highest BCUT2D eigenvalue weighted by molar-refractivity contribution is 5.52. The second-order valence-electron chi connectivity index (χ2n) is 8.40. The number of benzene rings is 2. The molecular formula is C24H30N2O. The molecule has 1 unspecified atom stereocenters. The minimum absolute atomic E-state index is 0.224. The van der Waals surface area contributed by atoms with Gasteiger partial charge >= 0.3 is 0 Å². The second kappa shape index (κ2) is 7.65. The SMILES string of the molecule is c1ccc2c(c1)Oc1ccccc1C2NC1CCCN(C2CCCCC2)C1. The summed E-state index contributed by atoms with van der Waals surface area (Å²) >= 11 is 0. The average Bonchev–Trinajstić information content (AvgIpc) is 2.74. The molecule has 1 aliphatic carbocycles. The maximum atomic E-state index is 6.16. The van der Waals surface area contributed by atoms with Crippen LogP contribution in [0, 0.1) is 0 Å². The Labute approximate surface area is 162 Å². The fourth-order valence-electron chi connectivity index (χ4n) is 5.25. The first-order chi connectivity index (χ1) is 13.4. The van der Waals surface area contributed by atoms with E-state index in [0.29, 0.717) is 6.04 Å². The number of fused-ring (bicyclic) bond motifs is 2. The zero-order valence-electron chi connectivity index (χ0n) is 16.1. The van der Waals surface area contributed by atoms with Gasteiger partial charge in [-0.1, -0.05) is 55.7 Å². The monoisotopic (exact) mass is 362 g/mol. The van der Waals surface area contributed by atoms with Crippen LogP contribution in [0.3, 0.4) is 0 Å². The van der Waals surface area contributed by atoms with E-state index in [1.807, 2.05) is 0 Å². The van der Waals surface area contributed by atoms with Crippen LogP contribution in [0.2, 0.25) is 0 Å². The van der Waals surface area contributed by atoms with E-state index in [9.17, 15) is 0 Å². The molecule has 2 fully saturated rings. The van der Waals surface area contributed by atoms with Gasteiger partial charge in [0.2, 0.25) is 0 Å². The Kier molecular flexibility index (Phi) is 4.89. The van der Waals surface area contributed by atoms with Crippen LogP contribution in [0.15, 0.2) is 48.5 Å². The summed E-state index contributed by atoms with van der Waals surface area (Å²) in [5.41, 5.74) is 2.54. The van der Waals surface area contributed by atoms with E-state index in [4.69, 9.17) is 4.74 Å². The van der Waals surface area contributed by atoms with Crippen molar-refractivity contribution in [3.05, 3.63) is 59.7 Å². The van der Waals surface area contributed by atoms with Crippen molar-refractivity contribution in [1.29, 1.82) is 0 Å². The Morgan fingerprint density at radius 3 is 2.15 bits per heavy atom. The van der Waals surface area contributed by atoms with Crippen molar-refractivity contribution < 1.29 is 4.74 Å². The van der Waals surface area contributed by atoms with Gasteiger partial charge in [0.1, 0.15) is 11.5 Å². The lowest BCUT2D eigenvalue weighted by Crippen LogP contribution is -2.51. The molecule has 2 aromatic carbocycles. The van der Waals surface area contributed by atoms with Gasteiger partial charge < -0.3 is 10.1 Å². The molecule has 3 nitrogen and oxygen atoms in total. The molecule has 1 atom stereocenters. The molecule has 0 aromatic heterocycles. The molecule has 2 heterocycles. The molecule has 27 heavy (non-hydrogen) atoms. The number of piperidine rings is 1. The third kappa shape index (κ3) is 3.51. The molecule has 2 aromatic rings. The maximum absolute atomic E-state index is 6.16. The molecule has 1 N–H and O–H groups in total. The van der Waals surface area contributed by atoms with Crippen LogP contribution in [0.25, 0.3) is 0 Å². The Balaban J connectivity index is 1.37. The van der Waals surface area contributed by atoms with Gasteiger partial charge in [-0.2, -0.15) is 0 Å². The van der Waals surface area contributed by atoms with Gasteiger partial charge in [0.05, 0.1) is 6.04 Å². The highest BCUT2D eigenvalue weighted by Gasteiger charge is 2.32. The van der Waals surface area contributed by atoms with Gasteiger partial charge in [-0.3, -0.25) is 4.90 Å². The van der Waals surface area contributed by atoms with E-state index in [2.05, 4.69) is 58.7 Å². The van der Waals surface area contributed by atoms with Crippen LogP contribution < -0.4 is 10.1 Å². The Morgan fingerprint density at radius 2 is 1.44 bits per heavy atom. The Bertz CT molecular complexity index is 738. The van der Waals surface area contributed by atoms with Gasteiger partial charge in [-0.25, -0.2) is 0 Å². The van der Waals surface area contributed by atoms with Crippen LogP contribution in [0.1, 0.15) is 62.1 Å². The predicted molar refractivity (Wildman–Crippen MR) is 109 cm³/mol. The van der Waals surface area contributed by atoms with Gasteiger partial charge in [0, 0.05) is 29.8 Å². The number of ether oxygens (including phenoxy) is 1. The largest absolute Gasteiger partial charge is 0.457 e. The molecule has 142 valence electrons. The number of para-hydroxylation sites is 2. The molecule has 2 aliphatic heterocycles. The Morgan fingerprint density at radius 1 is 0.778 bits per heavy atom. The van der Waals surface area contributed by atoms with E-state index in [1.54, 1.807) is 0 Å². The van der Waals surface area contributed by atoms with Crippen molar-refractivity contribution in [3.8, 4) is 11.5 Å². The first-order valence-electron chi connectivity index (χ1n) is 10.7. The maximum Gasteiger partial charge on any atom is 0.132 e. The summed E-state index contributed by atoms with van der Waals surface area (Å²) < 4.78 is 6.16. The lowest BCUT2D eigenvalue weighted by molar-refractivity contribution is 0.107.